The van der Waals surface area contributed by atoms with Crippen molar-refractivity contribution < 1.29 is 19.7 Å². The number of rotatable bonds is 4. The highest BCUT2D eigenvalue weighted by Crippen LogP contribution is 2.38. The van der Waals surface area contributed by atoms with E-state index in [4.69, 9.17) is 9.47 Å². The molecule has 2 saturated heterocycles. The molecule has 0 spiro atoms. The molecule has 5 nitrogen and oxygen atoms in total. The van der Waals surface area contributed by atoms with Gasteiger partial charge in [0.1, 0.15) is 12.2 Å². The summed E-state index contributed by atoms with van der Waals surface area (Å²) in [6, 6.07) is 9.85. The third-order valence-electron chi connectivity index (χ3n) is 4.20. The van der Waals surface area contributed by atoms with E-state index in [-0.39, 0.29) is 24.9 Å². The van der Waals surface area contributed by atoms with Crippen LogP contribution in [0.5, 0.6) is 0 Å². The van der Waals surface area contributed by atoms with Gasteiger partial charge < -0.3 is 19.7 Å². The Morgan fingerprint density at radius 1 is 1.29 bits per heavy atom. The minimum absolute atomic E-state index is 0.0603. The quantitative estimate of drug-likeness (QED) is 0.857. The van der Waals surface area contributed by atoms with Crippen molar-refractivity contribution in [3.05, 3.63) is 35.9 Å². The zero-order valence-electron chi connectivity index (χ0n) is 12.5. The monoisotopic (exact) mass is 293 g/mol. The van der Waals surface area contributed by atoms with Crippen LogP contribution in [-0.4, -0.2) is 58.4 Å². The van der Waals surface area contributed by atoms with E-state index in [2.05, 4.69) is 17.0 Å². The van der Waals surface area contributed by atoms with E-state index < -0.39 is 11.9 Å². The first-order valence-corrected chi connectivity index (χ1v) is 7.43. The number of likely N-dealkylation sites (tertiary alicyclic amines) is 1. The molecule has 2 heterocycles. The van der Waals surface area contributed by atoms with Gasteiger partial charge in [0.15, 0.2) is 5.79 Å². The van der Waals surface area contributed by atoms with E-state index in [0.717, 1.165) is 0 Å². The second kappa shape index (κ2) is 5.66. The van der Waals surface area contributed by atoms with E-state index in [0.29, 0.717) is 13.1 Å². The average Bonchev–Trinajstić information content (AvgIpc) is 2.90. The van der Waals surface area contributed by atoms with Crippen LogP contribution in [0, 0.1) is 0 Å². The summed E-state index contributed by atoms with van der Waals surface area (Å²) < 4.78 is 11.9. The Morgan fingerprint density at radius 3 is 2.67 bits per heavy atom. The van der Waals surface area contributed by atoms with Crippen molar-refractivity contribution in [1.29, 1.82) is 0 Å². The molecule has 0 saturated carbocycles. The summed E-state index contributed by atoms with van der Waals surface area (Å²) in [5.41, 5.74) is 1.17. The van der Waals surface area contributed by atoms with Crippen molar-refractivity contribution in [3.63, 3.8) is 0 Å². The lowest BCUT2D eigenvalue weighted by atomic mass is 10.0. The first kappa shape index (κ1) is 14.9. The second-order valence-electron chi connectivity index (χ2n) is 6.29. The fourth-order valence-corrected chi connectivity index (χ4v) is 3.41. The third-order valence-corrected chi connectivity index (χ3v) is 4.20. The normalized spacial score (nSPS) is 33.0. The second-order valence-corrected chi connectivity index (χ2v) is 6.29. The Balaban J connectivity index is 1.78. The number of aliphatic hydroxyl groups excluding tert-OH is 2. The lowest BCUT2D eigenvalue weighted by molar-refractivity contribution is -0.169. The molecule has 2 fully saturated rings. The smallest absolute Gasteiger partial charge is 0.163 e. The van der Waals surface area contributed by atoms with Crippen molar-refractivity contribution in [1.82, 2.24) is 4.90 Å². The van der Waals surface area contributed by atoms with Gasteiger partial charge in [0, 0.05) is 13.1 Å². The van der Waals surface area contributed by atoms with Crippen molar-refractivity contribution >= 4 is 0 Å². The molecule has 3 rings (SSSR count). The summed E-state index contributed by atoms with van der Waals surface area (Å²) in [5, 5.41) is 19.6. The molecular weight excluding hydrogens is 270 g/mol. The van der Waals surface area contributed by atoms with Crippen LogP contribution in [0.2, 0.25) is 0 Å². The first-order chi connectivity index (χ1) is 10.00. The molecule has 0 amide bonds. The van der Waals surface area contributed by atoms with Crippen LogP contribution in [0.1, 0.15) is 19.4 Å². The minimum Gasteiger partial charge on any atom is -0.394 e. The minimum atomic E-state index is -0.832. The zero-order valence-corrected chi connectivity index (χ0v) is 12.5. The number of fused-ring (bicyclic) bond motifs is 1. The summed E-state index contributed by atoms with van der Waals surface area (Å²) in [5.74, 6) is -0.623. The van der Waals surface area contributed by atoms with Crippen molar-refractivity contribution in [2.75, 3.05) is 13.2 Å². The first-order valence-electron chi connectivity index (χ1n) is 7.43. The van der Waals surface area contributed by atoms with Crippen molar-refractivity contribution in [2.24, 2.45) is 0 Å². The van der Waals surface area contributed by atoms with Crippen LogP contribution >= 0.6 is 0 Å². The molecule has 0 aromatic heterocycles. The lowest BCUT2D eigenvalue weighted by Gasteiger charge is -2.32. The molecule has 0 unspecified atom stereocenters. The number of ether oxygens (including phenoxy) is 2. The van der Waals surface area contributed by atoms with Gasteiger partial charge in [0.05, 0.1) is 18.8 Å². The highest BCUT2D eigenvalue weighted by molar-refractivity contribution is 5.16. The number of hydrogen-bond acceptors (Lipinski definition) is 5. The van der Waals surface area contributed by atoms with Gasteiger partial charge in [-0.25, -0.2) is 0 Å². The van der Waals surface area contributed by atoms with Crippen molar-refractivity contribution in [2.45, 2.75) is 50.5 Å². The topological polar surface area (TPSA) is 62.2 Å². The highest BCUT2D eigenvalue weighted by Gasteiger charge is 2.54. The van der Waals surface area contributed by atoms with Crippen LogP contribution in [0.25, 0.3) is 0 Å². The third kappa shape index (κ3) is 2.98. The summed E-state index contributed by atoms with van der Waals surface area (Å²) in [6.45, 7) is 4.90. The summed E-state index contributed by atoms with van der Waals surface area (Å²) in [4.78, 5) is 2.14. The zero-order chi connectivity index (χ0) is 15.0. The van der Waals surface area contributed by atoms with Gasteiger partial charge in [-0.05, 0) is 19.4 Å². The standard InChI is InChI=1S/C16H23NO4/c1-16(2)20-13-9-17(8-11-6-4-3-5-7-11)14(12(19)10-18)15(13)21-16/h3-7,12-15,18-19H,8-10H2,1-2H3/t12-,13+,14-,15+/m0/s1. The number of nitrogens with zero attached hydrogens (tertiary/aromatic N) is 1. The van der Waals surface area contributed by atoms with Crippen LogP contribution in [0.15, 0.2) is 30.3 Å². The van der Waals surface area contributed by atoms with Gasteiger partial charge in [-0.1, -0.05) is 30.3 Å². The summed E-state index contributed by atoms with van der Waals surface area (Å²) in [7, 11) is 0. The van der Waals surface area contributed by atoms with Gasteiger partial charge in [0.25, 0.3) is 0 Å². The van der Waals surface area contributed by atoms with E-state index in [1.54, 1.807) is 0 Å². The van der Waals surface area contributed by atoms with E-state index in [1.807, 2.05) is 32.0 Å². The number of hydrogen-bond donors (Lipinski definition) is 2. The molecule has 1 aromatic rings. The Bertz CT molecular complexity index is 478. The van der Waals surface area contributed by atoms with Gasteiger partial charge in [-0.2, -0.15) is 0 Å². The largest absolute Gasteiger partial charge is 0.394 e. The summed E-state index contributed by atoms with van der Waals surface area (Å²) in [6.07, 6.45) is -1.10. The van der Waals surface area contributed by atoms with Gasteiger partial charge >= 0.3 is 0 Å². The Kier molecular flexibility index (Phi) is 4.03. The van der Waals surface area contributed by atoms with Gasteiger partial charge in [-0.3, -0.25) is 4.90 Å². The molecule has 0 aliphatic carbocycles. The fourth-order valence-electron chi connectivity index (χ4n) is 3.41. The molecular formula is C16H23NO4. The van der Waals surface area contributed by atoms with Gasteiger partial charge in [-0.15, -0.1) is 0 Å². The lowest BCUT2D eigenvalue weighted by Crippen LogP contribution is -2.47. The maximum atomic E-state index is 10.2. The van der Waals surface area contributed by atoms with Crippen LogP contribution in [-0.2, 0) is 16.0 Å². The molecule has 21 heavy (non-hydrogen) atoms. The SMILES string of the molecule is CC1(C)O[C@H]2[C@H]([C@@H](O)CO)N(Cc3ccccc3)C[C@H]2O1. The number of benzene rings is 1. The molecule has 116 valence electrons. The predicted octanol–water partition coefficient (Wildman–Crippen LogP) is 0.744. The van der Waals surface area contributed by atoms with Crippen molar-refractivity contribution in [3.8, 4) is 0 Å². The van der Waals surface area contributed by atoms with Crippen LogP contribution in [0.3, 0.4) is 0 Å². The Labute approximate surface area is 125 Å². The highest BCUT2D eigenvalue weighted by atomic mass is 16.8. The molecule has 2 aliphatic heterocycles. The summed E-state index contributed by atoms with van der Waals surface area (Å²) >= 11 is 0. The fraction of sp³-hybridized carbons (Fsp3) is 0.625. The van der Waals surface area contributed by atoms with Crippen LogP contribution < -0.4 is 0 Å². The molecule has 2 aliphatic rings. The van der Waals surface area contributed by atoms with E-state index in [1.165, 1.54) is 5.56 Å². The molecule has 0 bridgehead atoms. The number of aliphatic hydroxyl groups is 2. The molecule has 5 heteroatoms. The van der Waals surface area contributed by atoms with E-state index in [9.17, 15) is 10.2 Å². The van der Waals surface area contributed by atoms with Gasteiger partial charge in [0.2, 0.25) is 0 Å². The molecule has 1 aromatic carbocycles. The maximum Gasteiger partial charge on any atom is 0.163 e. The molecule has 0 radical (unpaired) electrons. The predicted molar refractivity (Wildman–Crippen MR) is 77.6 cm³/mol. The molecule has 4 atom stereocenters. The Hall–Kier alpha value is -0.980. The van der Waals surface area contributed by atoms with Crippen LogP contribution in [0.4, 0.5) is 0 Å². The average molecular weight is 293 g/mol. The molecule has 2 N–H and O–H groups in total. The maximum absolute atomic E-state index is 10.2. The Morgan fingerprint density at radius 2 is 2.00 bits per heavy atom. The van der Waals surface area contributed by atoms with E-state index >= 15 is 0 Å².